The van der Waals surface area contributed by atoms with E-state index in [1.54, 1.807) is 35.2 Å². The lowest BCUT2D eigenvalue weighted by molar-refractivity contribution is -0.126. The number of hydrogen-bond acceptors (Lipinski definition) is 7. The van der Waals surface area contributed by atoms with Crippen LogP contribution < -0.4 is 10.6 Å². The number of hydrogen-bond donors (Lipinski definition) is 2. The summed E-state index contributed by atoms with van der Waals surface area (Å²) in [6, 6.07) is 9.96. The van der Waals surface area contributed by atoms with E-state index in [1.807, 2.05) is 0 Å². The molecule has 39 heavy (non-hydrogen) atoms. The second kappa shape index (κ2) is 10.6. The van der Waals surface area contributed by atoms with Gasteiger partial charge in [0, 0.05) is 24.7 Å². The molecule has 1 aliphatic heterocycles. The highest BCUT2D eigenvalue weighted by Crippen LogP contribution is 2.36. The van der Waals surface area contributed by atoms with E-state index in [-0.39, 0.29) is 29.0 Å². The quantitative estimate of drug-likeness (QED) is 0.406. The Morgan fingerprint density at radius 1 is 1.10 bits per heavy atom. The Morgan fingerprint density at radius 2 is 1.79 bits per heavy atom. The van der Waals surface area contributed by atoms with E-state index >= 15 is 4.39 Å². The second-order valence-corrected chi connectivity index (χ2v) is 13.8. The summed E-state index contributed by atoms with van der Waals surface area (Å²) < 4.78 is 42.0. The number of benzene rings is 2. The first-order chi connectivity index (χ1) is 18.5. The number of likely N-dealkylation sites (tertiary alicyclic amines) is 1. The van der Waals surface area contributed by atoms with Gasteiger partial charge in [-0.25, -0.2) is 17.8 Å². The highest BCUT2D eigenvalue weighted by Gasteiger charge is 2.39. The molecule has 12 heteroatoms. The summed E-state index contributed by atoms with van der Waals surface area (Å²) in [5.74, 6) is -1.97. The lowest BCUT2D eigenvalue weighted by atomic mass is 10.0. The van der Waals surface area contributed by atoms with E-state index in [0.29, 0.717) is 21.4 Å². The molecular weight excluding hydrogens is 543 g/mol. The zero-order valence-electron chi connectivity index (χ0n) is 21.6. The normalized spacial score (nSPS) is 16.2. The standard InChI is InChI=1S/C27H29FN4O5S2/c1-15(2)39(36,37)24(25(34)29-14-22(33)30-19-8-9-19)26-31-23-20(28)12-18(13-21(23)38-26)16-4-6-17(7-5-16)27(35)32-10-3-11-32/h4-7,12-13,15,19,24H,3,8-11,14H2,1-2H3,(H,29,34)(H,30,33). The fourth-order valence-corrected chi connectivity index (χ4v) is 7.04. The summed E-state index contributed by atoms with van der Waals surface area (Å²) >= 11 is 0.926. The second-order valence-electron chi connectivity index (χ2n) is 10.2. The highest BCUT2D eigenvalue weighted by atomic mass is 32.2. The molecule has 5 rings (SSSR count). The molecule has 0 bridgehead atoms. The average molecular weight is 573 g/mol. The fourth-order valence-electron chi connectivity index (χ4n) is 4.23. The van der Waals surface area contributed by atoms with Gasteiger partial charge in [-0.3, -0.25) is 14.4 Å². The summed E-state index contributed by atoms with van der Waals surface area (Å²) in [7, 11) is -4.04. The Bertz CT molecular complexity index is 1540. The van der Waals surface area contributed by atoms with Crippen LogP contribution in [0, 0.1) is 5.82 Å². The van der Waals surface area contributed by atoms with Crippen LogP contribution in [0.2, 0.25) is 0 Å². The van der Waals surface area contributed by atoms with Gasteiger partial charge in [-0.1, -0.05) is 12.1 Å². The van der Waals surface area contributed by atoms with Crippen LogP contribution >= 0.6 is 11.3 Å². The molecule has 1 aliphatic carbocycles. The maximum Gasteiger partial charge on any atom is 0.253 e. The number of carbonyl (C=O) groups excluding carboxylic acids is 3. The van der Waals surface area contributed by atoms with Gasteiger partial charge < -0.3 is 15.5 Å². The number of carbonyl (C=O) groups is 3. The van der Waals surface area contributed by atoms with Crippen molar-refractivity contribution in [1.82, 2.24) is 20.5 Å². The third kappa shape index (κ3) is 5.67. The molecule has 9 nitrogen and oxygen atoms in total. The summed E-state index contributed by atoms with van der Waals surface area (Å²) in [5, 5.41) is 2.50. The van der Waals surface area contributed by atoms with E-state index in [0.717, 1.165) is 43.7 Å². The van der Waals surface area contributed by atoms with E-state index in [2.05, 4.69) is 15.6 Å². The van der Waals surface area contributed by atoms with Gasteiger partial charge in [-0.15, -0.1) is 11.3 Å². The molecule has 1 saturated carbocycles. The molecular formula is C27H29FN4O5S2. The van der Waals surface area contributed by atoms with Crippen LogP contribution in [0.15, 0.2) is 36.4 Å². The molecule has 1 unspecified atom stereocenters. The van der Waals surface area contributed by atoms with Crippen molar-refractivity contribution < 1.29 is 27.2 Å². The van der Waals surface area contributed by atoms with Crippen LogP contribution in [0.5, 0.6) is 0 Å². The van der Waals surface area contributed by atoms with Gasteiger partial charge in [0.15, 0.2) is 20.9 Å². The number of rotatable bonds is 9. The maximum absolute atomic E-state index is 15.2. The number of aromatic nitrogens is 1. The first-order valence-electron chi connectivity index (χ1n) is 12.8. The molecule has 3 aromatic rings. The van der Waals surface area contributed by atoms with Crippen molar-refractivity contribution in [2.45, 2.75) is 49.7 Å². The minimum Gasteiger partial charge on any atom is -0.352 e. The number of amides is 3. The Kier molecular flexibility index (Phi) is 7.43. The topological polar surface area (TPSA) is 126 Å². The smallest absolute Gasteiger partial charge is 0.253 e. The van der Waals surface area contributed by atoms with Crippen LogP contribution in [-0.4, -0.2) is 66.9 Å². The first-order valence-corrected chi connectivity index (χ1v) is 15.3. The molecule has 2 heterocycles. The molecule has 2 aromatic carbocycles. The predicted octanol–water partition coefficient (Wildman–Crippen LogP) is 3.21. The van der Waals surface area contributed by atoms with Crippen molar-refractivity contribution in [3.63, 3.8) is 0 Å². The summed E-state index contributed by atoms with van der Waals surface area (Å²) in [6.45, 7) is 4.04. The summed E-state index contributed by atoms with van der Waals surface area (Å²) in [6.07, 6.45) is 2.75. The van der Waals surface area contributed by atoms with Crippen molar-refractivity contribution in [2.24, 2.45) is 0 Å². The maximum atomic E-state index is 15.2. The SMILES string of the molecule is CC(C)S(=O)(=O)C(C(=O)NCC(=O)NC1CC1)c1nc2c(F)cc(-c3ccc(C(=O)N4CCC4)cc3)cc2s1. The average Bonchev–Trinajstić information content (AvgIpc) is 3.57. The highest BCUT2D eigenvalue weighted by molar-refractivity contribution is 7.93. The number of fused-ring (bicyclic) bond motifs is 1. The Morgan fingerprint density at radius 3 is 2.38 bits per heavy atom. The summed E-state index contributed by atoms with van der Waals surface area (Å²) in [4.78, 5) is 43.6. The monoisotopic (exact) mass is 572 g/mol. The number of nitrogens with one attached hydrogen (secondary N) is 2. The van der Waals surface area contributed by atoms with Crippen molar-refractivity contribution in [2.75, 3.05) is 19.6 Å². The van der Waals surface area contributed by atoms with Gasteiger partial charge >= 0.3 is 0 Å². The van der Waals surface area contributed by atoms with Gasteiger partial charge in [-0.05, 0) is 68.5 Å². The molecule has 2 fully saturated rings. The Labute approximate surface area is 229 Å². The Hall–Kier alpha value is -3.38. The summed E-state index contributed by atoms with van der Waals surface area (Å²) in [5.41, 5.74) is 1.73. The van der Waals surface area contributed by atoms with Crippen LogP contribution in [0.25, 0.3) is 21.3 Å². The van der Waals surface area contributed by atoms with Crippen LogP contribution in [0.3, 0.4) is 0 Å². The van der Waals surface area contributed by atoms with E-state index in [4.69, 9.17) is 0 Å². The van der Waals surface area contributed by atoms with Gasteiger partial charge in [0.1, 0.15) is 10.5 Å². The zero-order valence-corrected chi connectivity index (χ0v) is 23.2. The third-order valence-electron chi connectivity index (χ3n) is 6.89. The molecule has 3 amide bonds. The Balaban J connectivity index is 1.43. The third-order valence-corrected chi connectivity index (χ3v) is 10.5. The lowest BCUT2D eigenvalue weighted by Crippen LogP contribution is -2.42. The van der Waals surface area contributed by atoms with Crippen LogP contribution in [0.1, 0.15) is 53.7 Å². The predicted molar refractivity (Wildman–Crippen MR) is 147 cm³/mol. The largest absolute Gasteiger partial charge is 0.352 e. The molecule has 1 atom stereocenters. The fraction of sp³-hybridized carbons (Fsp3) is 0.407. The minimum atomic E-state index is -4.04. The van der Waals surface area contributed by atoms with Crippen molar-refractivity contribution in [1.29, 1.82) is 0 Å². The number of thiazole rings is 1. The van der Waals surface area contributed by atoms with Crippen LogP contribution in [-0.2, 0) is 19.4 Å². The number of sulfone groups is 1. The molecule has 1 saturated heterocycles. The van der Waals surface area contributed by atoms with E-state index < -0.39 is 38.0 Å². The van der Waals surface area contributed by atoms with Crippen molar-refractivity contribution >= 4 is 49.1 Å². The van der Waals surface area contributed by atoms with E-state index in [1.165, 1.54) is 19.9 Å². The van der Waals surface area contributed by atoms with Gasteiger partial charge in [0.05, 0.1) is 16.5 Å². The van der Waals surface area contributed by atoms with Gasteiger partial charge in [-0.2, -0.15) is 0 Å². The first kappa shape index (κ1) is 27.2. The van der Waals surface area contributed by atoms with Crippen LogP contribution in [0.4, 0.5) is 4.39 Å². The molecule has 1 aromatic heterocycles. The minimum absolute atomic E-state index is 0.0356. The van der Waals surface area contributed by atoms with E-state index in [9.17, 15) is 22.8 Å². The van der Waals surface area contributed by atoms with Crippen molar-refractivity contribution in [3.8, 4) is 11.1 Å². The zero-order chi connectivity index (χ0) is 27.9. The lowest BCUT2D eigenvalue weighted by Gasteiger charge is -2.30. The molecule has 206 valence electrons. The number of nitrogens with zero attached hydrogens (tertiary/aromatic N) is 2. The number of halogens is 1. The van der Waals surface area contributed by atoms with Gasteiger partial charge in [0.2, 0.25) is 11.8 Å². The van der Waals surface area contributed by atoms with Crippen molar-refractivity contribution in [3.05, 3.63) is 52.8 Å². The van der Waals surface area contributed by atoms with Gasteiger partial charge in [0.25, 0.3) is 5.91 Å². The molecule has 2 N–H and O–H groups in total. The molecule has 2 aliphatic rings. The molecule has 0 spiro atoms. The molecule has 0 radical (unpaired) electrons.